The van der Waals surface area contributed by atoms with Crippen LogP contribution in [0, 0.1) is 0 Å². The summed E-state index contributed by atoms with van der Waals surface area (Å²) in [5.41, 5.74) is 0.733. The predicted molar refractivity (Wildman–Crippen MR) is 87.4 cm³/mol. The van der Waals surface area contributed by atoms with Gasteiger partial charge in [0.1, 0.15) is 5.82 Å². The standard InChI is InChI=1S/C15H25N5O2/c1-12-11-20(8-9-22-12)7-6-17-15(21)18-13-4-5-16-14(10-13)19(2)3/h4-5,10,12H,6-9,11H2,1-3H3,(H2,16,17,18,21). The van der Waals surface area contributed by atoms with Gasteiger partial charge in [0.2, 0.25) is 0 Å². The summed E-state index contributed by atoms with van der Waals surface area (Å²) in [6.07, 6.45) is 1.95. The molecular weight excluding hydrogens is 282 g/mol. The van der Waals surface area contributed by atoms with Crippen molar-refractivity contribution in [2.45, 2.75) is 13.0 Å². The molecular formula is C15H25N5O2. The lowest BCUT2D eigenvalue weighted by Crippen LogP contribution is -2.45. The molecule has 1 saturated heterocycles. The molecule has 1 aromatic heterocycles. The molecule has 2 amide bonds. The molecule has 1 aliphatic rings. The number of amides is 2. The average Bonchev–Trinajstić information content (AvgIpc) is 2.47. The number of morpholine rings is 1. The first-order chi connectivity index (χ1) is 10.5. The van der Waals surface area contributed by atoms with Gasteiger partial charge in [-0.25, -0.2) is 9.78 Å². The van der Waals surface area contributed by atoms with Gasteiger partial charge in [-0.3, -0.25) is 4.90 Å². The van der Waals surface area contributed by atoms with Crippen LogP contribution in [-0.2, 0) is 4.74 Å². The van der Waals surface area contributed by atoms with Gasteiger partial charge in [-0.05, 0) is 13.0 Å². The number of hydrogen-bond donors (Lipinski definition) is 2. The normalized spacial score (nSPS) is 18.8. The fourth-order valence-corrected chi connectivity index (χ4v) is 2.34. The van der Waals surface area contributed by atoms with Crippen LogP contribution >= 0.6 is 0 Å². The van der Waals surface area contributed by atoms with E-state index in [1.807, 2.05) is 25.1 Å². The molecule has 22 heavy (non-hydrogen) atoms. The number of urea groups is 1. The Bertz CT molecular complexity index is 495. The molecule has 1 aliphatic heterocycles. The molecule has 1 atom stereocenters. The number of carbonyl (C=O) groups is 1. The van der Waals surface area contributed by atoms with Crippen molar-refractivity contribution in [1.29, 1.82) is 0 Å². The first-order valence-corrected chi connectivity index (χ1v) is 7.57. The molecule has 0 bridgehead atoms. The maximum atomic E-state index is 11.9. The molecule has 122 valence electrons. The topological polar surface area (TPSA) is 69.7 Å². The summed E-state index contributed by atoms with van der Waals surface area (Å²) in [6.45, 7) is 6.12. The monoisotopic (exact) mass is 307 g/mol. The van der Waals surface area contributed by atoms with Crippen LogP contribution < -0.4 is 15.5 Å². The Morgan fingerprint density at radius 1 is 1.55 bits per heavy atom. The third-order valence-electron chi connectivity index (χ3n) is 3.50. The van der Waals surface area contributed by atoms with Gasteiger partial charge >= 0.3 is 6.03 Å². The number of rotatable bonds is 5. The summed E-state index contributed by atoms with van der Waals surface area (Å²) in [5.74, 6) is 0.806. The minimum absolute atomic E-state index is 0.197. The highest BCUT2D eigenvalue weighted by atomic mass is 16.5. The zero-order valence-electron chi connectivity index (χ0n) is 13.5. The molecule has 0 spiro atoms. The maximum Gasteiger partial charge on any atom is 0.319 e. The second kappa shape index (κ2) is 7.95. The van der Waals surface area contributed by atoms with Gasteiger partial charge in [0.05, 0.1) is 12.7 Å². The van der Waals surface area contributed by atoms with Crippen molar-refractivity contribution in [2.75, 3.05) is 57.1 Å². The van der Waals surface area contributed by atoms with Crippen LogP contribution in [0.5, 0.6) is 0 Å². The number of hydrogen-bond acceptors (Lipinski definition) is 5. The number of pyridine rings is 1. The van der Waals surface area contributed by atoms with Gasteiger partial charge in [0.15, 0.2) is 0 Å². The Morgan fingerprint density at radius 3 is 3.09 bits per heavy atom. The van der Waals surface area contributed by atoms with Crippen molar-refractivity contribution in [2.24, 2.45) is 0 Å². The lowest BCUT2D eigenvalue weighted by Gasteiger charge is -2.30. The van der Waals surface area contributed by atoms with E-state index >= 15 is 0 Å². The smallest absolute Gasteiger partial charge is 0.319 e. The molecule has 0 radical (unpaired) electrons. The third-order valence-corrected chi connectivity index (χ3v) is 3.50. The van der Waals surface area contributed by atoms with Crippen molar-refractivity contribution in [1.82, 2.24) is 15.2 Å². The van der Waals surface area contributed by atoms with E-state index in [0.717, 1.165) is 37.7 Å². The van der Waals surface area contributed by atoms with E-state index in [1.165, 1.54) is 0 Å². The number of carbonyl (C=O) groups excluding carboxylic acids is 1. The van der Waals surface area contributed by atoms with E-state index in [4.69, 9.17) is 4.74 Å². The van der Waals surface area contributed by atoms with Crippen LogP contribution in [0.3, 0.4) is 0 Å². The second-order valence-corrected chi connectivity index (χ2v) is 5.66. The van der Waals surface area contributed by atoms with Gasteiger partial charge in [0.25, 0.3) is 0 Å². The average molecular weight is 307 g/mol. The first-order valence-electron chi connectivity index (χ1n) is 7.57. The highest BCUT2D eigenvalue weighted by Crippen LogP contribution is 2.13. The van der Waals surface area contributed by atoms with Gasteiger partial charge in [-0.15, -0.1) is 0 Å². The van der Waals surface area contributed by atoms with E-state index in [1.54, 1.807) is 12.3 Å². The van der Waals surface area contributed by atoms with Crippen LogP contribution in [0.4, 0.5) is 16.3 Å². The SMILES string of the molecule is CC1CN(CCNC(=O)Nc2ccnc(N(C)C)c2)CCO1. The number of aromatic nitrogens is 1. The quantitative estimate of drug-likeness (QED) is 0.849. The van der Waals surface area contributed by atoms with Crippen LogP contribution in [0.1, 0.15) is 6.92 Å². The van der Waals surface area contributed by atoms with Gasteiger partial charge in [-0.1, -0.05) is 0 Å². The van der Waals surface area contributed by atoms with E-state index in [2.05, 4.69) is 27.4 Å². The number of ether oxygens (including phenoxy) is 1. The lowest BCUT2D eigenvalue weighted by molar-refractivity contribution is -0.0174. The van der Waals surface area contributed by atoms with Crippen LogP contribution in [0.2, 0.25) is 0 Å². The first kappa shape index (κ1) is 16.5. The predicted octanol–water partition coefficient (Wildman–Crippen LogP) is 0.990. The zero-order valence-corrected chi connectivity index (χ0v) is 13.5. The molecule has 1 aromatic rings. The second-order valence-electron chi connectivity index (χ2n) is 5.66. The van der Waals surface area contributed by atoms with Gasteiger partial charge < -0.3 is 20.3 Å². The Labute approximate surface area is 131 Å². The minimum atomic E-state index is -0.197. The molecule has 0 saturated carbocycles. The fourth-order valence-electron chi connectivity index (χ4n) is 2.34. The van der Waals surface area contributed by atoms with E-state index in [9.17, 15) is 4.79 Å². The van der Waals surface area contributed by atoms with Crippen LogP contribution in [0.15, 0.2) is 18.3 Å². The highest BCUT2D eigenvalue weighted by Gasteiger charge is 2.16. The molecule has 7 heteroatoms. The highest BCUT2D eigenvalue weighted by molar-refractivity contribution is 5.89. The van der Waals surface area contributed by atoms with Crippen molar-refractivity contribution in [3.05, 3.63) is 18.3 Å². The summed E-state index contributed by atoms with van der Waals surface area (Å²) in [6, 6.07) is 3.41. The molecule has 2 rings (SSSR count). The zero-order chi connectivity index (χ0) is 15.9. The summed E-state index contributed by atoms with van der Waals surface area (Å²) in [7, 11) is 3.82. The fraction of sp³-hybridized carbons (Fsp3) is 0.600. The Morgan fingerprint density at radius 2 is 2.36 bits per heavy atom. The maximum absolute atomic E-state index is 11.9. The van der Waals surface area contributed by atoms with Crippen molar-refractivity contribution >= 4 is 17.5 Å². The van der Waals surface area contributed by atoms with E-state index in [0.29, 0.717) is 6.54 Å². The summed E-state index contributed by atoms with van der Waals surface area (Å²) < 4.78 is 5.49. The van der Waals surface area contributed by atoms with Crippen LogP contribution in [0.25, 0.3) is 0 Å². The third kappa shape index (κ3) is 5.16. The Kier molecular flexibility index (Phi) is 5.97. The molecule has 2 N–H and O–H groups in total. The summed E-state index contributed by atoms with van der Waals surface area (Å²) in [5, 5.41) is 5.70. The van der Waals surface area contributed by atoms with E-state index < -0.39 is 0 Å². The summed E-state index contributed by atoms with van der Waals surface area (Å²) >= 11 is 0. The van der Waals surface area contributed by atoms with Gasteiger partial charge in [0, 0.05) is 58.2 Å². The Hall–Kier alpha value is -1.86. The van der Waals surface area contributed by atoms with Crippen molar-refractivity contribution < 1.29 is 9.53 Å². The largest absolute Gasteiger partial charge is 0.376 e. The number of nitrogens with zero attached hydrogens (tertiary/aromatic N) is 3. The molecule has 1 unspecified atom stereocenters. The lowest BCUT2D eigenvalue weighted by atomic mass is 10.3. The Balaban J connectivity index is 1.72. The molecule has 0 aliphatic carbocycles. The molecule has 7 nitrogen and oxygen atoms in total. The molecule has 2 heterocycles. The van der Waals surface area contributed by atoms with E-state index in [-0.39, 0.29) is 12.1 Å². The van der Waals surface area contributed by atoms with Crippen LogP contribution in [-0.4, -0.2) is 68.9 Å². The van der Waals surface area contributed by atoms with Crippen molar-refractivity contribution in [3.63, 3.8) is 0 Å². The molecule has 0 aromatic carbocycles. The minimum Gasteiger partial charge on any atom is -0.376 e. The van der Waals surface area contributed by atoms with Gasteiger partial charge in [-0.2, -0.15) is 0 Å². The number of anilines is 2. The number of nitrogens with one attached hydrogen (secondary N) is 2. The van der Waals surface area contributed by atoms with Crippen molar-refractivity contribution in [3.8, 4) is 0 Å². The summed E-state index contributed by atoms with van der Waals surface area (Å²) in [4.78, 5) is 20.3. The molecule has 1 fully saturated rings.